The normalized spacial score (nSPS) is 10.4. The van der Waals surface area contributed by atoms with Gasteiger partial charge in [-0.25, -0.2) is 14.4 Å². The quantitative estimate of drug-likeness (QED) is 0.729. The number of hydrogen-bond acceptors (Lipinski definition) is 3. The molecule has 0 saturated carbocycles. The van der Waals surface area contributed by atoms with Crippen molar-refractivity contribution in [2.24, 2.45) is 0 Å². The Labute approximate surface area is 116 Å². The van der Waals surface area contributed by atoms with Gasteiger partial charge in [0, 0.05) is 25.0 Å². The van der Waals surface area contributed by atoms with Crippen molar-refractivity contribution in [3.05, 3.63) is 78.0 Å². The standard InChI is InChI=1S/C16H12FN3/c17-14-6-2-1-5-13(14)9-12-10-19-16(20-11-12)15-7-3-4-8-18-15/h1-8,10-11H,9H2. The summed E-state index contributed by atoms with van der Waals surface area (Å²) in [6, 6.07) is 12.3. The third-order valence-electron chi connectivity index (χ3n) is 2.95. The van der Waals surface area contributed by atoms with Crippen LogP contribution in [0.5, 0.6) is 0 Å². The third kappa shape index (κ3) is 2.69. The summed E-state index contributed by atoms with van der Waals surface area (Å²) in [6.07, 6.45) is 5.61. The van der Waals surface area contributed by atoms with Gasteiger partial charge in [-0.2, -0.15) is 0 Å². The van der Waals surface area contributed by atoms with Gasteiger partial charge in [0.05, 0.1) is 0 Å². The molecule has 1 aromatic carbocycles. The van der Waals surface area contributed by atoms with Crippen molar-refractivity contribution >= 4 is 0 Å². The third-order valence-corrected chi connectivity index (χ3v) is 2.95. The molecule has 0 saturated heterocycles. The predicted octanol–water partition coefficient (Wildman–Crippen LogP) is 3.27. The van der Waals surface area contributed by atoms with Crippen LogP contribution in [0.3, 0.4) is 0 Å². The lowest BCUT2D eigenvalue weighted by molar-refractivity contribution is 0.614. The van der Waals surface area contributed by atoms with Crippen LogP contribution in [-0.4, -0.2) is 15.0 Å². The molecule has 0 spiro atoms. The monoisotopic (exact) mass is 265 g/mol. The van der Waals surface area contributed by atoms with Crippen molar-refractivity contribution in [3.63, 3.8) is 0 Å². The average molecular weight is 265 g/mol. The highest BCUT2D eigenvalue weighted by atomic mass is 19.1. The van der Waals surface area contributed by atoms with E-state index in [1.165, 1.54) is 6.07 Å². The fraction of sp³-hybridized carbons (Fsp3) is 0.0625. The molecule has 4 heteroatoms. The first kappa shape index (κ1) is 12.4. The van der Waals surface area contributed by atoms with Crippen LogP contribution in [0.1, 0.15) is 11.1 Å². The molecule has 0 aliphatic heterocycles. The summed E-state index contributed by atoms with van der Waals surface area (Å²) < 4.78 is 13.6. The Balaban J connectivity index is 1.82. The fourth-order valence-electron chi connectivity index (χ4n) is 1.94. The topological polar surface area (TPSA) is 38.7 Å². The van der Waals surface area contributed by atoms with Gasteiger partial charge in [-0.15, -0.1) is 0 Å². The van der Waals surface area contributed by atoms with E-state index in [0.717, 1.165) is 11.3 Å². The van der Waals surface area contributed by atoms with Gasteiger partial charge in [0.15, 0.2) is 5.82 Å². The van der Waals surface area contributed by atoms with Crippen molar-refractivity contribution in [2.45, 2.75) is 6.42 Å². The van der Waals surface area contributed by atoms with E-state index >= 15 is 0 Å². The zero-order valence-corrected chi connectivity index (χ0v) is 10.7. The summed E-state index contributed by atoms with van der Waals surface area (Å²) in [5.74, 6) is 0.365. The molecule has 2 aromatic heterocycles. The minimum atomic E-state index is -0.207. The smallest absolute Gasteiger partial charge is 0.178 e. The van der Waals surface area contributed by atoms with Gasteiger partial charge in [-0.05, 0) is 29.3 Å². The zero-order chi connectivity index (χ0) is 13.8. The SMILES string of the molecule is Fc1ccccc1Cc1cnc(-c2ccccn2)nc1. The van der Waals surface area contributed by atoms with Crippen LogP contribution in [0.2, 0.25) is 0 Å². The second kappa shape index (κ2) is 5.57. The molecule has 0 atom stereocenters. The molecule has 2 heterocycles. The molecule has 0 amide bonds. The van der Waals surface area contributed by atoms with Gasteiger partial charge < -0.3 is 0 Å². The molecule has 3 nitrogen and oxygen atoms in total. The number of rotatable bonds is 3. The van der Waals surface area contributed by atoms with E-state index in [-0.39, 0.29) is 5.82 Å². The van der Waals surface area contributed by atoms with Crippen molar-refractivity contribution in [3.8, 4) is 11.5 Å². The molecule has 0 unspecified atom stereocenters. The molecule has 0 N–H and O–H groups in total. The molecule has 0 bridgehead atoms. The zero-order valence-electron chi connectivity index (χ0n) is 10.7. The lowest BCUT2D eigenvalue weighted by Crippen LogP contribution is -1.96. The summed E-state index contributed by atoms with van der Waals surface area (Å²) >= 11 is 0. The molecule has 0 aliphatic rings. The summed E-state index contributed by atoms with van der Waals surface area (Å²) in [7, 11) is 0. The van der Waals surface area contributed by atoms with Crippen LogP contribution in [0.15, 0.2) is 61.1 Å². The van der Waals surface area contributed by atoms with E-state index in [1.807, 2.05) is 24.3 Å². The molecular formula is C16H12FN3. The first-order valence-corrected chi connectivity index (χ1v) is 6.28. The van der Waals surface area contributed by atoms with Gasteiger partial charge >= 0.3 is 0 Å². The average Bonchev–Trinajstić information content (AvgIpc) is 2.51. The van der Waals surface area contributed by atoms with Crippen molar-refractivity contribution in [1.29, 1.82) is 0 Å². The van der Waals surface area contributed by atoms with E-state index < -0.39 is 0 Å². The number of hydrogen-bond donors (Lipinski definition) is 0. The van der Waals surface area contributed by atoms with Crippen molar-refractivity contribution < 1.29 is 4.39 Å². The maximum absolute atomic E-state index is 13.6. The Morgan fingerprint density at radius 2 is 1.60 bits per heavy atom. The number of halogens is 1. The fourth-order valence-corrected chi connectivity index (χ4v) is 1.94. The van der Waals surface area contributed by atoms with E-state index in [2.05, 4.69) is 15.0 Å². The van der Waals surface area contributed by atoms with Crippen LogP contribution in [0, 0.1) is 5.82 Å². The van der Waals surface area contributed by atoms with Gasteiger partial charge in [-0.3, -0.25) is 4.98 Å². The van der Waals surface area contributed by atoms with Crippen LogP contribution in [0.25, 0.3) is 11.5 Å². The maximum atomic E-state index is 13.6. The van der Waals surface area contributed by atoms with Gasteiger partial charge in [0.1, 0.15) is 11.5 Å². The summed E-state index contributed by atoms with van der Waals surface area (Å²) in [6.45, 7) is 0. The largest absolute Gasteiger partial charge is 0.253 e. The molecule has 0 fully saturated rings. The molecular weight excluding hydrogens is 253 g/mol. The Hall–Kier alpha value is -2.62. The van der Waals surface area contributed by atoms with E-state index in [9.17, 15) is 4.39 Å². The molecule has 20 heavy (non-hydrogen) atoms. The second-order valence-electron chi connectivity index (χ2n) is 4.40. The predicted molar refractivity (Wildman–Crippen MR) is 74.5 cm³/mol. The molecule has 0 radical (unpaired) electrons. The van der Waals surface area contributed by atoms with Gasteiger partial charge in [0.25, 0.3) is 0 Å². The number of nitrogens with zero attached hydrogens (tertiary/aromatic N) is 3. The van der Waals surface area contributed by atoms with Gasteiger partial charge in [-0.1, -0.05) is 24.3 Å². The highest BCUT2D eigenvalue weighted by Crippen LogP contribution is 2.14. The number of benzene rings is 1. The minimum Gasteiger partial charge on any atom is -0.253 e. The Kier molecular flexibility index (Phi) is 3.46. The lowest BCUT2D eigenvalue weighted by atomic mass is 10.1. The summed E-state index contributed by atoms with van der Waals surface area (Å²) in [5, 5.41) is 0. The van der Waals surface area contributed by atoms with E-state index in [0.29, 0.717) is 17.8 Å². The molecule has 98 valence electrons. The van der Waals surface area contributed by atoms with Crippen LogP contribution >= 0.6 is 0 Å². The second-order valence-corrected chi connectivity index (χ2v) is 4.40. The Morgan fingerprint density at radius 1 is 0.850 bits per heavy atom. The highest BCUT2D eigenvalue weighted by molar-refractivity contribution is 5.47. The minimum absolute atomic E-state index is 0.207. The first-order valence-electron chi connectivity index (χ1n) is 6.28. The molecule has 3 aromatic rings. The van der Waals surface area contributed by atoms with Gasteiger partial charge in [0.2, 0.25) is 0 Å². The van der Waals surface area contributed by atoms with E-state index in [1.54, 1.807) is 30.7 Å². The van der Waals surface area contributed by atoms with E-state index in [4.69, 9.17) is 0 Å². The Morgan fingerprint density at radius 3 is 2.30 bits per heavy atom. The maximum Gasteiger partial charge on any atom is 0.178 e. The molecule has 3 rings (SSSR count). The van der Waals surface area contributed by atoms with Crippen molar-refractivity contribution in [2.75, 3.05) is 0 Å². The Bertz CT molecular complexity index is 696. The van der Waals surface area contributed by atoms with Crippen molar-refractivity contribution in [1.82, 2.24) is 15.0 Å². The van der Waals surface area contributed by atoms with Crippen LogP contribution < -0.4 is 0 Å². The van der Waals surface area contributed by atoms with Crippen LogP contribution in [-0.2, 0) is 6.42 Å². The summed E-state index contributed by atoms with van der Waals surface area (Å²) in [5.41, 5.74) is 2.24. The highest BCUT2D eigenvalue weighted by Gasteiger charge is 2.05. The molecule has 0 aliphatic carbocycles. The number of pyridine rings is 1. The first-order chi connectivity index (χ1) is 9.83. The number of aromatic nitrogens is 3. The summed E-state index contributed by atoms with van der Waals surface area (Å²) in [4.78, 5) is 12.7. The lowest BCUT2D eigenvalue weighted by Gasteiger charge is -2.04. The van der Waals surface area contributed by atoms with Crippen LogP contribution in [0.4, 0.5) is 4.39 Å².